The number of hydrogen-bond donors (Lipinski definition) is 1. The fourth-order valence-corrected chi connectivity index (χ4v) is 4.71. The Kier molecular flexibility index (Phi) is 6.24. The van der Waals surface area contributed by atoms with Crippen LogP contribution in [0.5, 0.6) is 5.75 Å². The minimum atomic E-state index is -1.82. The predicted molar refractivity (Wildman–Crippen MR) is 114 cm³/mol. The number of amides is 1. The van der Waals surface area contributed by atoms with E-state index in [1.165, 1.54) is 12.0 Å². The van der Waals surface area contributed by atoms with E-state index < -0.39 is 23.3 Å². The number of carbonyl (C=O) groups is 1. The van der Waals surface area contributed by atoms with Crippen LogP contribution in [0.2, 0.25) is 0 Å². The summed E-state index contributed by atoms with van der Waals surface area (Å²) in [5.41, 5.74) is 5.72. The van der Waals surface area contributed by atoms with Gasteiger partial charge < -0.3 is 20.1 Å². The van der Waals surface area contributed by atoms with Crippen LogP contribution in [-0.4, -0.2) is 37.8 Å². The molecule has 0 saturated carbocycles. The lowest BCUT2D eigenvalue weighted by Gasteiger charge is -2.45. The predicted octanol–water partition coefficient (Wildman–Crippen LogP) is 3.34. The molecule has 0 aromatic heterocycles. The molecule has 1 amide bonds. The Morgan fingerprint density at radius 1 is 1.35 bits per heavy atom. The molecule has 0 radical (unpaired) electrons. The maximum absolute atomic E-state index is 12.4. The van der Waals surface area contributed by atoms with Gasteiger partial charge in [-0.25, -0.2) is 4.79 Å². The van der Waals surface area contributed by atoms with Crippen molar-refractivity contribution < 1.29 is 14.3 Å². The zero-order chi connectivity index (χ0) is 22.8. The number of hydrogen-bond acceptors (Lipinski definition) is 7. The number of halogens is 1. The van der Waals surface area contributed by atoms with Crippen molar-refractivity contribution >= 4 is 22.0 Å². The summed E-state index contributed by atoms with van der Waals surface area (Å²) in [6.07, 6.45) is 1.24. The van der Waals surface area contributed by atoms with Gasteiger partial charge in [0, 0.05) is 35.0 Å². The maximum Gasteiger partial charge on any atom is 0.410 e. The van der Waals surface area contributed by atoms with E-state index in [0.29, 0.717) is 16.9 Å². The van der Waals surface area contributed by atoms with E-state index in [4.69, 9.17) is 15.2 Å². The number of carbonyl (C=O) groups excluding carboxylic acids is 1. The quantitative estimate of drug-likeness (QED) is 0.698. The van der Waals surface area contributed by atoms with Crippen molar-refractivity contribution in [3.63, 3.8) is 0 Å². The number of nitriles is 3. The molecular weight excluding hydrogens is 462 g/mol. The first-order valence-electron chi connectivity index (χ1n) is 9.56. The van der Waals surface area contributed by atoms with Gasteiger partial charge in [0.1, 0.15) is 11.8 Å². The lowest BCUT2D eigenvalue weighted by molar-refractivity contribution is 0.0998. The van der Waals surface area contributed by atoms with Crippen LogP contribution in [0.1, 0.15) is 18.4 Å². The van der Waals surface area contributed by atoms with E-state index >= 15 is 0 Å². The average Bonchev–Trinajstić information content (AvgIpc) is 2.78. The van der Waals surface area contributed by atoms with E-state index in [1.807, 2.05) is 0 Å². The van der Waals surface area contributed by atoms with Crippen molar-refractivity contribution in [3.8, 4) is 24.0 Å². The number of nitrogens with two attached hydrogens (primary N) is 1. The van der Waals surface area contributed by atoms with Crippen LogP contribution in [0, 0.1) is 45.3 Å². The van der Waals surface area contributed by atoms with Crippen LogP contribution >= 0.6 is 15.9 Å². The minimum absolute atomic E-state index is 0.0842. The third-order valence-corrected chi connectivity index (χ3v) is 6.21. The monoisotopic (exact) mass is 481 g/mol. The third kappa shape index (κ3) is 3.50. The summed E-state index contributed by atoms with van der Waals surface area (Å²) in [4.78, 5) is 13.9. The van der Waals surface area contributed by atoms with Crippen LogP contribution < -0.4 is 10.5 Å². The first-order valence-corrected chi connectivity index (χ1v) is 10.4. The second-order valence-electron chi connectivity index (χ2n) is 7.17. The SMILES string of the molecule is CCOC(=O)N1CC=C2C(C#N)=C(N)C(C#N)(C#N)[C@@H](c3cc(Br)ccc3OC)[C@@H]2C1. The maximum atomic E-state index is 12.4. The number of fused-ring (bicyclic) bond motifs is 1. The summed E-state index contributed by atoms with van der Waals surface area (Å²) >= 11 is 3.44. The lowest BCUT2D eigenvalue weighted by Crippen LogP contribution is -2.49. The minimum Gasteiger partial charge on any atom is -0.496 e. The fourth-order valence-electron chi connectivity index (χ4n) is 4.34. The second kappa shape index (κ2) is 8.71. The molecular formula is C22H20BrN5O3. The fraction of sp³-hybridized carbons (Fsp3) is 0.364. The van der Waals surface area contributed by atoms with Gasteiger partial charge in [-0.15, -0.1) is 0 Å². The van der Waals surface area contributed by atoms with Crippen LogP contribution in [0.4, 0.5) is 4.79 Å². The molecule has 9 heteroatoms. The molecule has 0 bridgehead atoms. The standard InChI is InChI=1S/C22H20BrN5O3/c1-3-31-21(29)28-7-6-14-16(9-24)20(27)22(11-25,12-26)19(17(14)10-28)15-8-13(23)4-5-18(15)30-2/h4-6,8,17,19H,3,7,10,27H2,1-2H3/t17-,19+/m1/s1. The Morgan fingerprint density at radius 3 is 2.65 bits per heavy atom. The molecule has 0 fully saturated rings. The van der Waals surface area contributed by atoms with E-state index in [-0.39, 0.29) is 31.0 Å². The van der Waals surface area contributed by atoms with Crippen molar-refractivity contribution in [1.29, 1.82) is 15.8 Å². The second-order valence-corrected chi connectivity index (χ2v) is 8.08. The lowest BCUT2D eigenvalue weighted by atomic mass is 9.58. The van der Waals surface area contributed by atoms with Gasteiger partial charge in [0.15, 0.2) is 5.41 Å². The Morgan fingerprint density at radius 2 is 2.06 bits per heavy atom. The molecule has 3 rings (SSSR count). The smallest absolute Gasteiger partial charge is 0.410 e. The highest BCUT2D eigenvalue weighted by Gasteiger charge is 2.55. The molecule has 2 atom stereocenters. The van der Waals surface area contributed by atoms with Gasteiger partial charge in [0.2, 0.25) is 0 Å². The number of allylic oxidation sites excluding steroid dienone is 2. The molecule has 2 aliphatic rings. The van der Waals surface area contributed by atoms with Crippen LogP contribution in [0.15, 0.2) is 45.6 Å². The topological polar surface area (TPSA) is 136 Å². The van der Waals surface area contributed by atoms with Gasteiger partial charge in [-0.2, -0.15) is 15.8 Å². The molecule has 8 nitrogen and oxygen atoms in total. The van der Waals surface area contributed by atoms with Crippen LogP contribution in [-0.2, 0) is 4.74 Å². The normalized spacial score (nSPS) is 21.7. The largest absolute Gasteiger partial charge is 0.496 e. The molecule has 2 N–H and O–H groups in total. The molecule has 1 aromatic carbocycles. The van der Waals surface area contributed by atoms with E-state index in [9.17, 15) is 20.6 Å². The van der Waals surface area contributed by atoms with Gasteiger partial charge in [0.25, 0.3) is 0 Å². The van der Waals surface area contributed by atoms with Crippen LogP contribution in [0.25, 0.3) is 0 Å². The molecule has 1 aromatic rings. The van der Waals surface area contributed by atoms with E-state index in [2.05, 4.69) is 34.1 Å². The molecule has 158 valence electrons. The summed E-state index contributed by atoms with van der Waals surface area (Å²) in [5.74, 6) is -0.845. The highest BCUT2D eigenvalue weighted by atomic mass is 79.9. The molecule has 0 unspecified atom stereocenters. The van der Waals surface area contributed by atoms with Crippen molar-refractivity contribution in [2.45, 2.75) is 12.8 Å². The van der Waals surface area contributed by atoms with Crippen LogP contribution in [0.3, 0.4) is 0 Å². The highest BCUT2D eigenvalue weighted by Crippen LogP contribution is 2.56. The summed E-state index contributed by atoms with van der Waals surface area (Å²) in [6.45, 7) is 2.33. The number of ether oxygens (including phenoxy) is 2. The summed E-state index contributed by atoms with van der Waals surface area (Å²) in [5, 5.41) is 30.1. The summed E-state index contributed by atoms with van der Waals surface area (Å²) < 4.78 is 11.4. The number of rotatable bonds is 3. The number of benzene rings is 1. The molecule has 1 aliphatic carbocycles. The molecule has 1 aliphatic heterocycles. The van der Waals surface area contributed by atoms with Crippen molar-refractivity contribution in [2.75, 3.05) is 26.8 Å². The molecule has 1 heterocycles. The summed E-state index contributed by atoms with van der Waals surface area (Å²) in [7, 11) is 1.50. The van der Waals surface area contributed by atoms with Gasteiger partial charge >= 0.3 is 6.09 Å². The molecule has 0 saturated heterocycles. The Hall–Kier alpha value is -3.48. The molecule has 0 spiro atoms. The zero-order valence-electron chi connectivity index (χ0n) is 17.1. The van der Waals surface area contributed by atoms with Gasteiger partial charge in [0.05, 0.1) is 37.1 Å². The first kappa shape index (κ1) is 22.2. The highest BCUT2D eigenvalue weighted by molar-refractivity contribution is 9.10. The summed E-state index contributed by atoms with van der Waals surface area (Å²) in [6, 6.07) is 11.5. The Bertz CT molecular complexity index is 1090. The number of nitrogens with zero attached hydrogens (tertiary/aromatic N) is 4. The van der Waals surface area contributed by atoms with Crippen molar-refractivity contribution in [3.05, 3.63) is 51.2 Å². The van der Waals surface area contributed by atoms with Gasteiger partial charge in [-0.1, -0.05) is 22.0 Å². The van der Waals surface area contributed by atoms with E-state index in [0.717, 1.165) is 4.47 Å². The average molecular weight is 482 g/mol. The van der Waals surface area contributed by atoms with Crippen molar-refractivity contribution in [2.24, 2.45) is 17.1 Å². The zero-order valence-corrected chi connectivity index (χ0v) is 18.6. The van der Waals surface area contributed by atoms with Gasteiger partial charge in [-0.05, 0) is 30.7 Å². The Labute approximate surface area is 188 Å². The third-order valence-electron chi connectivity index (χ3n) is 5.72. The number of methoxy groups -OCH3 is 1. The Balaban J connectivity index is 2.31. The molecule has 31 heavy (non-hydrogen) atoms. The van der Waals surface area contributed by atoms with Crippen molar-refractivity contribution in [1.82, 2.24) is 4.90 Å². The van der Waals surface area contributed by atoms with E-state index in [1.54, 1.807) is 31.2 Å². The van der Waals surface area contributed by atoms with Gasteiger partial charge in [-0.3, -0.25) is 0 Å². The first-order chi connectivity index (χ1) is 14.9.